The number of esters is 1. The summed E-state index contributed by atoms with van der Waals surface area (Å²) in [5.41, 5.74) is 2.26. The lowest BCUT2D eigenvalue weighted by molar-refractivity contribution is -0.197. The number of likely N-dealkylation sites (tertiary alicyclic amines) is 1. The number of aryl methyl sites for hydroxylation is 1. The molecule has 1 N–H and O–H groups in total. The Kier molecular flexibility index (Phi) is 6.47. The highest BCUT2D eigenvalue weighted by Crippen LogP contribution is 2.65. The molecule has 7 nitrogen and oxygen atoms in total. The number of benzene rings is 2. The first kappa shape index (κ1) is 26.9. The molecule has 2 aromatic carbocycles. The standard InChI is InChI=1S/C33H38N2O5/c1-20(2)19-35(28(37)12-9-23-8-6-7-21(3)17-23)25-13-14-33(38)27-18-24-10-11-26(39-22(4)36)30-29(24)32(33,31(25)40-30)15-16-34(27)5/h6-8,10-11,17,20,25,27,31,38H,13-16,18-19H2,1-5H3/t25-,27+,31-,32-,33+/m0/s1. The summed E-state index contributed by atoms with van der Waals surface area (Å²) in [5.74, 6) is 6.49. The fourth-order valence-corrected chi connectivity index (χ4v) is 7.95. The highest BCUT2D eigenvalue weighted by molar-refractivity contribution is 5.94. The molecule has 1 saturated carbocycles. The minimum Gasteiger partial charge on any atom is -0.483 e. The van der Waals surface area contributed by atoms with E-state index in [9.17, 15) is 14.7 Å². The molecule has 7 heteroatoms. The van der Waals surface area contributed by atoms with Gasteiger partial charge in [-0.25, -0.2) is 0 Å². The maximum Gasteiger partial charge on any atom is 0.308 e. The first-order valence-corrected chi connectivity index (χ1v) is 14.4. The fourth-order valence-electron chi connectivity index (χ4n) is 7.95. The van der Waals surface area contributed by atoms with Crippen LogP contribution in [-0.2, 0) is 21.4 Å². The van der Waals surface area contributed by atoms with Crippen LogP contribution in [0.2, 0.25) is 0 Å². The second kappa shape index (κ2) is 9.64. The van der Waals surface area contributed by atoms with Crippen LogP contribution in [0.25, 0.3) is 0 Å². The van der Waals surface area contributed by atoms with Crippen molar-refractivity contribution in [2.24, 2.45) is 5.92 Å². The van der Waals surface area contributed by atoms with Gasteiger partial charge in [0, 0.05) is 36.6 Å². The highest BCUT2D eigenvalue weighted by atomic mass is 16.6. The number of rotatable bonds is 4. The average molecular weight is 543 g/mol. The van der Waals surface area contributed by atoms with E-state index in [1.165, 1.54) is 6.92 Å². The van der Waals surface area contributed by atoms with E-state index in [4.69, 9.17) is 9.47 Å². The van der Waals surface area contributed by atoms with Gasteiger partial charge in [-0.1, -0.05) is 38.0 Å². The summed E-state index contributed by atoms with van der Waals surface area (Å²) in [6.45, 7) is 8.92. The van der Waals surface area contributed by atoms with Crippen molar-refractivity contribution in [1.82, 2.24) is 9.80 Å². The van der Waals surface area contributed by atoms with Crippen molar-refractivity contribution in [2.45, 2.75) is 82.6 Å². The van der Waals surface area contributed by atoms with Gasteiger partial charge in [-0.15, -0.1) is 0 Å². The van der Waals surface area contributed by atoms with Crippen LogP contribution in [0.1, 0.15) is 62.3 Å². The van der Waals surface area contributed by atoms with E-state index in [2.05, 4.69) is 37.6 Å². The molecule has 2 aliphatic heterocycles. The van der Waals surface area contributed by atoms with E-state index in [0.717, 1.165) is 28.8 Å². The number of amides is 1. The molecule has 2 bridgehead atoms. The Morgan fingerprint density at radius 3 is 2.77 bits per heavy atom. The fraction of sp³-hybridized carbons (Fsp3) is 0.515. The summed E-state index contributed by atoms with van der Waals surface area (Å²) in [7, 11) is 2.08. The molecular weight excluding hydrogens is 504 g/mol. The third-order valence-electron chi connectivity index (χ3n) is 9.49. The van der Waals surface area contributed by atoms with Crippen LogP contribution in [0.5, 0.6) is 11.5 Å². The summed E-state index contributed by atoms with van der Waals surface area (Å²) in [5, 5.41) is 12.6. The molecule has 0 radical (unpaired) electrons. The number of likely N-dealkylation sites (N-methyl/N-ethyl adjacent to an activating group) is 1. The van der Waals surface area contributed by atoms with Gasteiger partial charge in [0.05, 0.1) is 17.1 Å². The third kappa shape index (κ3) is 3.95. The van der Waals surface area contributed by atoms with Crippen molar-refractivity contribution in [3.05, 3.63) is 58.7 Å². The Balaban J connectivity index is 1.45. The SMILES string of the molecule is CC(=O)Oc1ccc2c3c1O[C@H]1[C@@H](N(CC(C)C)C(=O)C#Cc4cccc(C)c4)CC[C@@]4(O)[C@@H](C2)N(C)CC[C@]314. The zero-order valence-electron chi connectivity index (χ0n) is 24.0. The summed E-state index contributed by atoms with van der Waals surface area (Å²) >= 11 is 0. The number of carbonyl (C=O) groups excluding carboxylic acids is 2. The van der Waals surface area contributed by atoms with E-state index in [1.807, 2.05) is 48.2 Å². The number of aliphatic hydroxyl groups is 1. The van der Waals surface area contributed by atoms with E-state index in [0.29, 0.717) is 43.7 Å². The van der Waals surface area contributed by atoms with Crippen molar-refractivity contribution in [3.8, 4) is 23.3 Å². The molecule has 1 saturated heterocycles. The smallest absolute Gasteiger partial charge is 0.308 e. The van der Waals surface area contributed by atoms with E-state index >= 15 is 0 Å². The molecule has 0 unspecified atom stereocenters. The maximum atomic E-state index is 13.8. The lowest BCUT2D eigenvalue weighted by Crippen LogP contribution is -2.78. The Morgan fingerprint density at radius 1 is 1.25 bits per heavy atom. The van der Waals surface area contributed by atoms with Crippen molar-refractivity contribution < 1.29 is 24.2 Å². The molecule has 0 aromatic heterocycles. The first-order valence-electron chi connectivity index (χ1n) is 14.4. The highest BCUT2D eigenvalue weighted by Gasteiger charge is 2.73. The van der Waals surface area contributed by atoms with Crippen LogP contribution in [0.4, 0.5) is 0 Å². The summed E-state index contributed by atoms with van der Waals surface area (Å²) in [6.07, 6.45) is 2.08. The van der Waals surface area contributed by atoms with E-state index < -0.39 is 23.1 Å². The summed E-state index contributed by atoms with van der Waals surface area (Å²) in [6, 6.07) is 11.3. The van der Waals surface area contributed by atoms with Gasteiger partial charge in [0.2, 0.25) is 0 Å². The predicted molar refractivity (Wildman–Crippen MR) is 151 cm³/mol. The van der Waals surface area contributed by atoms with Gasteiger partial charge in [-0.05, 0) is 81.4 Å². The molecule has 1 amide bonds. The number of ether oxygens (including phenoxy) is 2. The number of hydrogen-bond acceptors (Lipinski definition) is 6. The van der Waals surface area contributed by atoms with Crippen LogP contribution in [0, 0.1) is 24.7 Å². The van der Waals surface area contributed by atoms with Gasteiger partial charge in [0.15, 0.2) is 11.5 Å². The van der Waals surface area contributed by atoms with Crippen LogP contribution in [0.3, 0.4) is 0 Å². The third-order valence-corrected chi connectivity index (χ3v) is 9.49. The maximum absolute atomic E-state index is 13.8. The van der Waals surface area contributed by atoms with Crippen molar-refractivity contribution in [3.63, 3.8) is 0 Å². The number of piperidine rings is 1. The zero-order chi connectivity index (χ0) is 28.4. The molecule has 2 aromatic rings. The lowest BCUT2D eigenvalue weighted by atomic mass is 9.48. The van der Waals surface area contributed by atoms with Crippen LogP contribution in [0.15, 0.2) is 36.4 Å². The largest absolute Gasteiger partial charge is 0.483 e. The molecule has 5 atom stereocenters. The molecule has 6 rings (SSSR count). The Bertz CT molecular complexity index is 1440. The molecule has 2 aliphatic carbocycles. The van der Waals surface area contributed by atoms with Gasteiger partial charge in [-0.2, -0.15) is 0 Å². The summed E-state index contributed by atoms with van der Waals surface area (Å²) < 4.78 is 12.4. The minimum atomic E-state index is -1.02. The molecule has 1 spiro atoms. The number of nitrogens with zero attached hydrogens (tertiary/aromatic N) is 2. The summed E-state index contributed by atoms with van der Waals surface area (Å²) in [4.78, 5) is 30.0. The lowest BCUT2D eigenvalue weighted by Gasteiger charge is -2.64. The monoisotopic (exact) mass is 542 g/mol. The van der Waals surface area contributed by atoms with Gasteiger partial charge >= 0.3 is 5.97 Å². The normalized spacial score (nSPS) is 29.6. The van der Waals surface area contributed by atoms with E-state index in [-0.39, 0.29) is 23.9 Å². The van der Waals surface area contributed by atoms with E-state index in [1.54, 1.807) is 0 Å². The van der Waals surface area contributed by atoms with Gasteiger partial charge in [0.25, 0.3) is 5.91 Å². The molecular formula is C33H38N2O5. The minimum absolute atomic E-state index is 0.0540. The average Bonchev–Trinajstić information content (AvgIpc) is 3.25. The van der Waals surface area contributed by atoms with Crippen LogP contribution in [-0.4, -0.2) is 70.7 Å². The quantitative estimate of drug-likeness (QED) is 0.361. The molecule has 40 heavy (non-hydrogen) atoms. The topological polar surface area (TPSA) is 79.3 Å². The Morgan fingerprint density at radius 2 is 2.05 bits per heavy atom. The second-order valence-corrected chi connectivity index (χ2v) is 12.5. The van der Waals surface area contributed by atoms with Crippen molar-refractivity contribution in [2.75, 3.05) is 20.1 Å². The first-order chi connectivity index (χ1) is 19.0. The molecule has 4 aliphatic rings. The van der Waals surface area contributed by atoms with Crippen LogP contribution >= 0.6 is 0 Å². The van der Waals surface area contributed by atoms with Crippen molar-refractivity contribution in [1.29, 1.82) is 0 Å². The van der Waals surface area contributed by atoms with Gasteiger partial charge < -0.3 is 24.4 Å². The van der Waals surface area contributed by atoms with Crippen molar-refractivity contribution >= 4 is 11.9 Å². The molecule has 2 heterocycles. The van der Waals surface area contributed by atoms with Gasteiger partial charge in [-0.3, -0.25) is 9.59 Å². The van der Waals surface area contributed by atoms with Gasteiger partial charge in [0.1, 0.15) is 6.10 Å². The number of hydrogen-bond donors (Lipinski definition) is 1. The van der Waals surface area contributed by atoms with Crippen LogP contribution < -0.4 is 9.47 Å². The molecule has 210 valence electrons. The Hall–Kier alpha value is -3.34. The zero-order valence-corrected chi connectivity index (χ0v) is 24.0. The molecule has 2 fully saturated rings. The Labute approximate surface area is 236 Å². The predicted octanol–water partition coefficient (Wildman–Crippen LogP) is 3.61. The second-order valence-electron chi connectivity index (χ2n) is 12.5. The number of carbonyl (C=O) groups is 2.